The first kappa shape index (κ1) is 53.8. The number of carbonyl (C=O) groups excluding carboxylic acids is 3. The minimum Gasteiger partial charge on any atom is -0.544 e. The van der Waals surface area contributed by atoms with E-state index < -0.39 is 18.1 Å². The number of aliphatic carboxylic acids is 1. The number of allylic oxidation sites excluding steroid dienone is 4. The molecule has 0 aliphatic heterocycles. The van der Waals surface area contributed by atoms with Crippen LogP contribution in [0.1, 0.15) is 213 Å². The van der Waals surface area contributed by atoms with Gasteiger partial charge >= 0.3 is 11.9 Å². The van der Waals surface area contributed by atoms with Crippen molar-refractivity contribution in [3.05, 3.63) is 24.3 Å². The number of carbonyl (C=O) groups is 3. The van der Waals surface area contributed by atoms with Crippen molar-refractivity contribution in [1.82, 2.24) is 0 Å². The van der Waals surface area contributed by atoms with Crippen LogP contribution >= 0.6 is 0 Å². The van der Waals surface area contributed by atoms with Gasteiger partial charge in [-0.25, -0.2) is 0 Å². The van der Waals surface area contributed by atoms with Crippen LogP contribution in [-0.2, 0) is 28.6 Å². The van der Waals surface area contributed by atoms with Gasteiger partial charge in [-0.3, -0.25) is 9.59 Å². The topological polar surface area (TPSA) is 102 Å². The van der Waals surface area contributed by atoms with Gasteiger partial charge in [0.15, 0.2) is 6.10 Å². The first-order valence-electron chi connectivity index (χ1n) is 23.4. The summed E-state index contributed by atoms with van der Waals surface area (Å²) >= 11 is 0. The Labute approximate surface area is 345 Å². The summed E-state index contributed by atoms with van der Waals surface area (Å²) in [5.74, 6) is -1.74. The second-order valence-electron chi connectivity index (χ2n) is 17.0. The van der Waals surface area contributed by atoms with E-state index in [1.807, 2.05) is 0 Å². The summed E-state index contributed by atoms with van der Waals surface area (Å²) in [6.45, 7) is 4.65. The zero-order valence-electron chi connectivity index (χ0n) is 37.3. The molecule has 0 aliphatic carbocycles. The number of likely N-dealkylation sites (N-methyl/N-ethyl adjacent to an activating group) is 1. The molecule has 8 heteroatoms. The molecule has 0 aromatic rings. The second kappa shape index (κ2) is 39.6. The Kier molecular flexibility index (Phi) is 38.1. The Balaban J connectivity index is 4.30. The predicted octanol–water partition coefficient (Wildman–Crippen LogP) is 11.5. The van der Waals surface area contributed by atoms with Crippen LogP contribution in [-0.4, -0.2) is 75.5 Å². The number of nitrogens with zero attached hydrogens (tertiary/aromatic N) is 1. The molecule has 8 nitrogen and oxygen atoms in total. The number of unbranched alkanes of at least 4 members (excludes halogenated alkanes) is 25. The number of hydrogen-bond donors (Lipinski definition) is 0. The molecule has 0 fully saturated rings. The normalized spacial score (nSPS) is 13.1. The number of quaternary nitrogens is 1. The molecule has 0 aliphatic rings. The Morgan fingerprint density at radius 2 is 0.929 bits per heavy atom. The van der Waals surface area contributed by atoms with Crippen molar-refractivity contribution in [2.24, 2.45) is 0 Å². The van der Waals surface area contributed by atoms with Crippen molar-refractivity contribution in [3.8, 4) is 0 Å². The van der Waals surface area contributed by atoms with Crippen LogP contribution in [0, 0.1) is 0 Å². The largest absolute Gasteiger partial charge is 0.544 e. The Morgan fingerprint density at radius 3 is 1.38 bits per heavy atom. The number of carboxylic acids is 1. The molecule has 0 rings (SSSR count). The van der Waals surface area contributed by atoms with Gasteiger partial charge in [0, 0.05) is 19.3 Å². The molecular formula is C48H89NO7. The molecule has 328 valence electrons. The summed E-state index contributed by atoms with van der Waals surface area (Å²) in [6, 6.07) is -0.724. The molecule has 0 spiro atoms. The molecule has 0 amide bonds. The van der Waals surface area contributed by atoms with Crippen molar-refractivity contribution in [3.63, 3.8) is 0 Å². The SMILES string of the molecule is CCCCC/C=C/C=C/CCCCCCCCC(=O)OCC(COCCC(C(=O)[O-])[N+](C)(C)C)OC(=O)CCCCCCCCCCCCCCCCCCC. The predicted molar refractivity (Wildman–Crippen MR) is 231 cm³/mol. The lowest BCUT2D eigenvalue weighted by Crippen LogP contribution is -2.55. The molecule has 0 aromatic heterocycles. The number of carboxylic acid groups (broad SMARTS) is 1. The van der Waals surface area contributed by atoms with Crippen LogP contribution in [0.3, 0.4) is 0 Å². The van der Waals surface area contributed by atoms with E-state index in [-0.39, 0.29) is 42.7 Å². The molecule has 2 atom stereocenters. The molecule has 0 heterocycles. The molecule has 0 bridgehead atoms. The quantitative estimate of drug-likeness (QED) is 0.0262. The van der Waals surface area contributed by atoms with Gasteiger partial charge in [-0.05, 0) is 38.5 Å². The third-order valence-corrected chi connectivity index (χ3v) is 10.6. The second-order valence-corrected chi connectivity index (χ2v) is 17.0. The minimum atomic E-state index is -1.12. The van der Waals surface area contributed by atoms with E-state index >= 15 is 0 Å². The molecule has 0 saturated carbocycles. The zero-order chi connectivity index (χ0) is 41.4. The summed E-state index contributed by atoms with van der Waals surface area (Å²) in [7, 11) is 5.41. The molecule has 0 saturated heterocycles. The maximum absolute atomic E-state index is 12.7. The van der Waals surface area contributed by atoms with E-state index in [9.17, 15) is 19.5 Å². The summed E-state index contributed by atoms with van der Waals surface area (Å²) in [5.41, 5.74) is 0. The first-order chi connectivity index (χ1) is 27.1. The minimum absolute atomic E-state index is 0.0411. The summed E-state index contributed by atoms with van der Waals surface area (Å²) in [6.07, 6.45) is 43.4. The number of ether oxygens (including phenoxy) is 3. The molecule has 0 aromatic carbocycles. The van der Waals surface area contributed by atoms with Crippen molar-refractivity contribution >= 4 is 17.9 Å². The maximum Gasteiger partial charge on any atom is 0.306 e. The van der Waals surface area contributed by atoms with E-state index in [1.54, 1.807) is 21.1 Å². The summed E-state index contributed by atoms with van der Waals surface area (Å²) in [5, 5.41) is 11.6. The standard InChI is InChI=1S/C48H89NO7/c1-6-8-10-12-14-16-18-20-22-23-25-27-29-31-33-35-37-39-47(51)56-44(42-54-41-40-45(48(52)53)49(3,4)5)43-55-46(50)38-36-34-32-30-28-26-24-21-19-17-15-13-11-9-7-2/h15,17,19,21,44-45H,6-14,16,18,20,22-43H2,1-5H3/b17-15+,21-19+. The third-order valence-electron chi connectivity index (χ3n) is 10.6. The van der Waals surface area contributed by atoms with Crippen LogP contribution in [0.25, 0.3) is 0 Å². The Hall–Kier alpha value is -2.19. The molecule has 0 radical (unpaired) electrons. The van der Waals surface area contributed by atoms with Crippen molar-refractivity contribution in [2.75, 3.05) is 41.0 Å². The van der Waals surface area contributed by atoms with Crippen molar-refractivity contribution < 1.29 is 38.2 Å². The van der Waals surface area contributed by atoms with Crippen molar-refractivity contribution in [2.45, 2.75) is 225 Å². The van der Waals surface area contributed by atoms with Gasteiger partial charge in [0.2, 0.25) is 0 Å². The number of rotatable bonds is 42. The van der Waals surface area contributed by atoms with Crippen LogP contribution in [0.15, 0.2) is 24.3 Å². The summed E-state index contributed by atoms with van der Waals surface area (Å²) < 4.78 is 17.2. The fourth-order valence-electron chi connectivity index (χ4n) is 6.94. The maximum atomic E-state index is 12.7. The van der Waals surface area contributed by atoms with E-state index in [1.165, 1.54) is 128 Å². The average Bonchev–Trinajstić information content (AvgIpc) is 3.15. The highest BCUT2D eigenvalue weighted by Crippen LogP contribution is 2.16. The van der Waals surface area contributed by atoms with E-state index in [4.69, 9.17) is 14.2 Å². The van der Waals surface area contributed by atoms with Crippen LogP contribution in [0.5, 0.6) is 0 Å². The van der Waals surface area contributed by atoms with Crippen molar-refractivity contribution in [1.29, 1.82) is 0 Å². The lowest BCUT2D eigenvalue weighted by Gasteiger charge is -2.34. The van der Waals surface area contributed by atoms with E-state index in [0.717, 1.165) is 51.4 Å². The fraction of sp³-hybridized carbons (Fsp3) is 0.854. The lowest BCUT2D eigenvalue weighted by atomic mass is 10.0. The summed E-state index contributed by atoms with van der Waals surface area (Å²) in [4.78, 5) is 36.9. The number of esters is 2. The molecule has 0 N–H and O–H groups in total. The van der Waals surface area contributed by atoms with Gasteiger partial charge in [-0.15, -0.1) is 0 Å². The Bertz CT molecular complexity index is 973. The van der Waals surface area contributed by atoms with Gasteiger partial charge in [-0.1, -0.05) is 179 Å². The van der Waals surface area contributed by atoms with Gasteiger partial charge in [0.25, 0.3) is 0 Å². The molecule has 2 unspecified atom stereocenters. The van der Waals surface area contributed by atoms with Gasteiger partial charge in [0.1, 0.15) is 12.6 Å². The highest BCUT2D eigenvalue weighted by atomic mass is 16.6. The van der Waals surface area contributed by atoms with Gasteiger partial charge in [0.05, 0.1) is 40.3 Å². The highest BCUT2D eigenvalue weighted by Gasteiger charge is 2.25. The van der Waals surface area contributed by atoms with E-state index in [0.29, 0.717) is 12.8 Å². The lowest BCUT2D eigenvalue weighted by molar-refractivity contribution is -0.889. The average molecular weight is 792 g/mol. The fourth-order valence-corrected chi connectivity index (χ4v) is 6.94. The first-order valence-corrected chi connectivity index (χ1v) is 23.4. The third kappa shape index (κ3) is 37.4. The van der Waals surface area contributed by atoms with Crippen LogP contribution < -0.4 is 5.11 Å². The Morgan fingerprint density at radius 1 is 0.536 bits per heavy atom. The molecular weight excluding hydrogens is 703 g/mol. The smallest absolute Gasteiger partial charge is 0.306 e. The zero-order valence-corrected chi connectivity index (χ0v) is 37.3. The van der Waals surface area contributed by atoms with E-state index in [2.05, 4.69) is 38.2 Å². The molecule has 56 heavy (non-hydrogen) atoms. The van der Waals surface area contributed by atoms with Crippen LogP contribution in [0.2, 0.25) is 0 Å². The van der Waals surface area contributed by atoms with Gasteiger partial charge < -0.3 is 28.6 Å². The highest BCUT2D eigenvalue weighted by molar-refractivity contribution is 5.70. The van der Waals surface area contributed by atoms with Gasteiger partial charge in [-0.2, -0.15) is 0 Å². The number of hydrogen-bond acceptors (Lipinski definition) is 7. The van der Waals surface area contributed by atoms with Crippen LogP contribution in [0.4, 0.5) is 0 Å². The monoisotopic (exact) mass is 792 g/mol.